The van der Waals surface area contributed by atoms with Crippen LogP contribution in [0, 0.1) is 0 Å². The van der Waals surface area contributed by atoms with Crippen LogP contribution in [0.2, 0.25) is 5.02 Å². The van der Waals surface area contributed by atoms with Gasteiger partial charge in [0.05, 0.1) is 12.3 Å². The van der Waals surface area contributed by atoms with E-state index in [2.05, 4.69) is 0 Å². The Labute approximate surface area is 93.7 Å². The summed E-state index contributed by atoms with van der Waals surface area (Å²) in [5, 5.41) is 0.735. The Bertz CT molecular complexity index is 425. The smallest absolute Gasteiger partial charge is 0.120 e. The topological polar surface area (TPSA) is 39.2 Å². The lowest BCUT2D eigenvalue weighted by Gasteiger charge is -2.08. The zero-order valence-electron chi connectivity index (χ0n) is 8.19. The fourth-order valence-electron chi connectivity index (χ4n) is 1.52. The number of hydrogen-bond acceptors (Lipinski definition) is 2. The van der Waals surface area contributed by atoms with Gasteiger partial charge in [-0.3, -0.25) is 0 Å². The Kier molecular flexibility index (Phi) is 3.09. The summed E-state index contributed by atoms with van der Waals surface area (Å²) in [4.78, 5) is 0. The molecule has 0 amide bonds. The molecule has 2 N–H and O–H groups in total. The first-order valence-electron chi connectivity index (χ1n) is 4.79. The third kappa shape index (κ3) is 2.61. The van der Waals surface area contributed by atoms with Crippen molar-refractivity contribution in [3.8, 4) is 0 Å². The minimum Gasteiger partial charge on any atom is -0.468 e. The minimum absolute atomic E-state index is 0.113. The highest BCUT2D eigenvalue weighted by Crippen LogP contribution is 2.18. The molecule has 1 atom stereocenters. The Morgan fingerprint density at radius 1 is 1.27 bits per heavy atom. The van der Waals surface area contributed by atoms with Crippen LogP contribution in [0.15, 0.2) is 47.1 Å². The molecular weight excluding hydrogens is 210 g/mol. The van der Waals surface area contributed by atoms with Crippen molar-refractivity contribution >= 4 is 11.6 Å². The molecule has 2 aromatic rings. The summed E-state index contributed by atoms with van der Waals surface area (Å²) in [5.74, 6) is 0.801. The van der Waals surface area contributed by atoms with Crippen molar-refractivity contribution in [2.45, 2.75) is 12.5 Å². The van der Waals surface area contributed by atoms with E-state index < -0.39 is 0 Å². The molecule has 2 rings (SSSR count). The molecule has 1 heterocycles. The number of benzene rings is 1. The minimum atomic E-state index is -0.113. The van der Waals surface area contributed by atoms with Gasteiger partial charge in [0.2, 0.25) is 0 Å². The van der Waals surface area contributed by atoms with Crippen molar-refractivity contribution in [3.05, 3.63) is 59.0 Å². The van der Waals surface area contributed by atoms with Crippen LogP contribution < -0.4 is 5.73 Å². The van der Waals surface area contributed by atoms with Gasteiger partial charge in [0, 0.05) is 5.02 Å². The van der Waals surface area contributed by atoms with Crippen molar-refractivity contribution in [1.82, 2.24) is 0 Å². The van der Waals surface area contributed by atoms with E-state index in [0.717, 1.165) is 22.8 Å². The third-order valence-corrected chi connectivity index (χ3v) is 2.49. The maximum atomic E-state index is 5.98. The molecule has 15 heavy (non-hydrogen) atoms. The van der Waals surface area contributed by atoms with Crippen molar-refractivity contribution in [2.24, 2.45) is 5.73 Å². The zero-order valence-corrected chi connectivity index (χ0v) is 8.95. The summed E-state index contributed by atoms with van der Waals surface area (Å²) in [7, 11) is 0. The number of nitrogens with two attached hydrogens (primary N) is 1. The van der Waals surface area contributed by atoms with E-state index in [1.165, 1.54) is 0 Å². The standard InChI is InChI=1S/C12H12ClNO/c13-10-4-1-3-9(7-10)8-11(14)12-5-2-6-15-12/h1-7,11H,8,14H2. The molecule has 1 aromatic carbocycles. The van der Waals surface area contributed by atoms with Crippen molar-refractivity contribution in [3.63, 3.8) is 0 Å². The Hall–Kier alpha value is -1.25. The molecule has 0 aliphatic heterocycles. The number of furan rings is 1. The highest BCUT2D eigenvalue weighted by Gasteiger charge is 2.09. The third-order valence-electron chi connectivity index (χ3n) is 2.25. The van der Waals surface area contributed by atoms with Crippen LogP contribution in [-0.4, -0.2) is 0 Å². The summed E-state index contributed by atoms with van der Waals surface area (Å²) in [6.07, 6.45) is 2.36. The predicted octanol–water partition coefficient (Wildman–Crippen LogP) is 3.18. The maximum Gasteiger partial charge on any atom is 0.120 e. The average molecular weight is 222 g/mol. The van der Waals surface area contributed by atoms with E-state index in [0.29, 0.717) is 0 Å². The molecule has 0 aliphatic rings. The van der Waals surface area contributed by atoms with Gasteiger partial charge in [-0.15, -0.1) is 0 Å². The largest absolute Gasteiger partial charge is 0.468 e. The highest BCUT2D eigenvalue weighted by atomic mass is 35.5. The quantitative estimate of drug-likeness (QED) is 0.865. The lowest BCUT2D eigenvalue weighted by Crippen LogP contribution is -2.12. The lowest BCUT2D eigenvalue weighted by molar-refractivity contribution is 0.464. The summed E-state index contributed by atoms with van der Waals surface area (Å²) in [6.45, 7) is 0. The Balaban J connectivity index is 2.09. The molecular formula is C12H12ClNO. The normalized spacial score (nSPS) is 12.7. The van der Waals surface area contributed by atoms with Gasteiger partial charge in [0.1, 0.15) is 5.76 Å². The summed E-state index contributed by atoms with van der Waals surface area (Å²) in [5.41, 5.74) is 7.10. The molecule has 3 heteroatoms. The van der Waals surface area contributed by atoms with Gasteiger partial charge in [0.15, 0.2) is 0 Å². The molecule has 1 aromatic heterocycles. The van der Waals surface area contributed by atoms with Gasteiger partial charge in [-0.1, -0.05) is 23.7 Å². The van der Waals surface area contributed by atoms with E-state index in [1.807, 2.05) is 36.4 Å². The molecule has 0 saturated heterocycles. The second kappa shape index (κ2) is 4.51. The van der Waals surface area contributed by atoms with E-state index >= 15 is 0 Å². The number of halogens is 1. The molecule has 0 saturated carbocycles. The number of hydrogen-bond donors (Lipinski definition) is 1. The Morgan fingerprint density at radius 3 is 2.80 bits per heavy atom. The summed E-state index contributed by atoms with van der Waals surface area (Å²) >= 11 is 5.89. The molecule has 0 bridgehead atoms. The Morgan fingerprint density at radius 2 is 2.13 bits per heavy atom. The summed E-state index contributed by atoms with van der Waals surface area (Å²) in [6, 6.07) is 11.3. The zero-order chi connectivity index (χ0) is 10.7. The maximum absolute atomic E-state index is 5.98. The first-order chi connectivity index (χ1) is 7.25. The van der Waals surface area contributed by atoms with Crippen molar-refractivity contribution < 1.29 is 4.42 Å². The van der Waals surface area contributed by atoms with Gasteiger partial charge in [-0.05, 0) is 36.2 Å². The van der Waals surface area contributed by atoms with Crippen LogP contribution in [0.4, 0.5) is 0 Å². The van der Waals surface area contributed by atoms with E-state index in [-0.39, 0.29) is 6.04 Å². The van der Waals surface area contributed by atoms with Crippen LogP contribution in [0.25, 0.3) is 0 Å². The van der Waals surface area contributed by atoms with E-state index in [1.54, 1.807) is 6.26 Å². The molecule has 78 valence electrons. The van der Waals surface area contributed by atoms with E-state index in [9.17, 15) is 0 Å². The molecule has 1 unspecified atom stereocenters. The summed E-state index contributed by atoms with van der Waals surface area (Å²) < 4.78 is 5.24. The monoisotopic (exact) mass is 221 g/mol. The molecule has 0 aliphatic carbocycles. The molecule has 0 spiro atoms. The highest BCUT2D eigenvalue weighted by molar-refractivity contribution is 6.30. The van der Waals surface area contributed by atoms with Gasteiger partial charge in [0.25, 0.3) is 0 Å². The van der Waals surface area contributed by atoms with Crippen molar-refractivity contribution in [1.29, 1.82) is 0 Å². The predicted molar refractivity (Wildman–Crippen MR) is 60.8 cm³/mol. The van der Waals surface area contributed by atoms with E-state index in [4.69, 9.17) is 21.8 Å². The van der Waals surface area contributed by atoms with Crippen LogP contribution >= 0.6 is 11.6 Å². The number of rotatable bonds is 3. The van der Waals surface area contributed by atoms with Gasteiger partial charge < -0.3 is 10.2 Å². The lowest BCUT2D eigenvalue weighted by atomic mass is 10.1. The first-order valence-corrected chi connectivity index (χ1v) is 5.17. The average Bonchev–Trinajstić information content (AvgIpc) is 2.70. The first kappa shape index (κ1) is 10.3. The fraction of sp³-hybridized carbons (Fsp3) is 0.167. The SMILES string of the molecule is NC(Cc1cccc(Cl)c1)c1ccco1. The van der Waals surface area contributed by atoms with Crippen LogP contribution in [0.5, 0.6) is 0 Å². The molecule has 0 fully saturated rings. The van der Waals surface area contributed by atoms with Gasteiger partial charge >= 0.3 is 0 Å². The van der Waals surface area contributed by atoms with Gasteiger partial charge in [-0.2, -0.15) is 0 Å². The molecule has 0 radical (unpaired) electrons. The second-order valence-electron chi connectivity index (χ2n) is 3.46. The van der Waals surface area contributed by atoms with Crippen LogP contribution in [-0.2, 0) is 6.42 Å². The molecule has 2 nitrogen and oxygen atoms in total. The fourth-order valence-corrected chi connectivity index (χ4v) is 1.73. The van der Waals surface area contributed by atoms with Crippen LogP contribution in [0.1, 0.15) is 17.4 Å². The van der Waals surface area contributed by atoms with Gasteiger partial charge in [-0.25, -0.2) is 0 Å². The van der Waals surface area contributed by atoms with Crippen LogP contribution in [0.3, 0.4) is 0 Å². The van der Waals surface area contributed by atoms with Crippen molar-refractivity contribution in [2.75, 3.05) is 0 Å². The second-order valence-corrected chi connectivity index (χ2v) is 3.89.